The van der Waals surface area contributed by atoms with Gasteiger partial charge in [0.05, 0.1) is 12.6 Å². The summed E-state index contributed by atoms with van der Waals surface area (Å²) in [4.78, 5) is 0. The van der Waals surface area contributed by atoms with Gasteiger partial charge in [-0.15, -0.1) is 0 Å². The van der Waals surface area contributed by atoms with Crippen LogP contribution in [0.25, 0.3) is 0 Å². The third kappa shape index (κ3) is 3.24. The van der Waals surface area contributed by atoms with Crippen molar-refractivity contribution >= 4 is 0 Å². The first kappa shape index (κ1) is 12.5. The Hall–Kier alpha value is -1.54. The van der Waals surface area contributed by atoms with Crippen LogP contribution in [-0.4, -0.2) is 6.61 Å². The molecule has 0 unspecified atom stereocenters. The molecule has 2 nitrogen and oxygen atoms in total. The number of hydrogen-bond donors (Lipinski definition) is 1. The predicted octanol–water partition coefficient (Wildman–Crippen LogP) is 3.10. The van der Waals surface area contributed by atoms with Crippen LogP contribution in [0.5, 0.6) is 0 Å². The first-order chi connectivity index (χ1) is 7.69. The highest BCUT2D eigenvalue weighted by Gasteiger charge is 2.11. The van der Waals surface area contributed by atoms with Crippen LogP contribution in [0.1, 0.15) is 24.1 Å². The van der Waals surface area contributed by atoms with E-state index in [4.69, 9.17) is 10.5 Å². The minimum absolute atomic E-state index is 0.224. The van der Waals surface area contributed by atoms with Crippen LogP contribution in [0.2, 0.25) is 0 Å². The zero-order chi connectivity index (χ0) is 12.0. The van der Waals surface area contributed by atoms with Crippen molar-refractivity contribution in [1.82, 2.24) is 0 Å². The van der Waals surface area contributed by atoms with E-state index in [0.717, 1.165) is 11.3 Å². The fourth-order valence-electron chi connectivity index (χ4n) is 1.46. The Labute approximate surface area is 97.4 Å². The van der Waals surface area contributed by atoms with Gasteiger partial charge in [-0.05, 0) is 25.5 Å². The largest absolute Gasteiger partial charge is 0.496 e. The Morgan fingerprint density at radius 3 is 2.56 bits per heavy atom. The third-order valence-corrected chi connectivity index (χ3v) is 2.34. The Bertz CT molecular complexity index is 365. The second kappa shape index (κ2) is 6.13. The monoisotopic (exact) mass is 217 g/mol. The minimum atomic E-state index is -0.224. The zero-order valence-electron chi connectivity index (χ0n) is 9.94. The Morgan fingerprint density at radius 1 is 1.44 bits per heavy atom. The summed E-state index contributed by atoms with van der Waals surface area (Å²) in [6.07, 6.45) is 3.51. The van der Waals surface area contributed by atoms with Crippen LogP contribution < -0.4 is 5.73 Å². The maximum absolute atomic E-state index is 6.12. The molecule has 0 aliphatic heterocycles. The fourth-order valence-corrected chi connectivity index (χ4v) is 1.46. The average molecular weight is 217 g/mol. The molecule has 0 radical (unpaired) electrons. The van der Waals surface area contributed by atoms with Crippen molar-refractivity contribution in [2.75, 3.05) is 6.61 Å². The van der Waals surface area contributed by atoms with E-state index in [9.17, 15) is 0 Å². The van der Waals surface area contributed by atoms with Gasteiger partial charge in [-0.1, -0.05) is 42.5 Å². The Morgan fingerprint density at radius 2 is 2.06 bits per heavy atom. The van der Waals surface area contributed by atoms with Crippen molar-refractivity contribution in [3.63, 3.8) is 0 Å². The van der Waals surface area contributed by atoms with Crippen molar-refractivity contribution in [3.8, 4) is 0 Å². The van der Waals surface area contributed by atoms with Crippen molar-refractivity contribution in [2.45, 2.75) is 19.9 Å². The van der Waals surface area contributed by atoms with Crippen molar-refractivity contribution in [2.24, 2.45) is 5.73 Å². The molecule has 0 spiro atoms. The Kier molecular flexibility index (Phi) is 4.80. The molecular formula is C14H19NO. The van der Waals surface area contributed by atoms with Crippen LogP contribution in [0.15, 0.2) is 48.8 Å². The fraction of sp³-hybridized carbons (Fsp3) is 0.286. The van der Waals surface area contributed by atoms with Gasteiger partial charge in [0.25, 0.3) is 0 Å². The molecule has 0 amide bonds. The van der Waals surface area contributed by atoms with Gasteiger partial charge >= 0.3 is 0 Å². The molecule has 0 bridgehead atoms. The van der Waals surface area contributed by atoms with Gasteiger partial charge in [0.15, 0.2) is 0 Å². The molecule has 0 aliphatic carbocycles. The second-order valence-corrected chi connectivity index (χ2v) is 3.63. The van der Waals surface area contributed by atoms with E-state index in [2.05, 4.69) is 13.5 Å². The molecule has 0 heterocycles. The van der Waals surface area contributed by atoms with Gasteiger partial charge in [-0.25, -0.2) is 0 Å². The van der Waals surface area contributed by atoms with E-state index in [1.165, 1.54) is 5.56 Å². The molecule has 0 saturated carbocycles. The lowest BCUT2D eigenvalue weighted by Crippen LogP contribution is -2.15. The normalized spacial score (nSPS) is 13.3. The van der Waals surface area contributed by atoms with Crippen LogP contribution >= 0.6 is 0 Å². The summed E-state index contributed by atoms with van der Waals surface area (Å²) in [5.74, 6) is 0.751. The average Bonchev–Trinajstić information content (AvgIpc) is 2.29. The van der Waals surface area contributed by atoms with Gasteiger partial charge < -0.3 is 10.5 Å². The number of rotatable bonds is 5. The highest BCUT2D eigenvalue weighted by Crippen LogP contribution is 2.20. The number of aryl methyl sites for hydroxylation is 1. The molecule has 1 atom stereocenters. The second-order valence-electron chi connectivity index (χ2n) is 3.63. The SMILES string of the molecule is C=C/C=C(/OCC)[C@@H](N)c1ccc(C)cc1. The third-order valence-electron chi connectivity index (χ3n) is 2.34. The van der Waals surface area contributed by atoms with Gasteiger partial charge in [-0.2, -0.15) is 0 Å². The standard InChI is InChI=1S/C14H19NO/c1-4-6-13(16-5-2)14(15)12-9-7-11(3)8-10-12/h4,6-10,14H,1,5,15H2,2-3H3/b13-6+/t14-/m0/s1. The van der Waals surface area contributed by atoms with E-state index in [1.807, 2.05) is 37.3 Å². The number of benzene rings is 1. The Balaban J connectivity index is 2.89. The summed E-state index contributed by atoms with van der Waals surface area (Å²) in [6, 6.07) is 7.92. The molecule has 1 rings (SSSR count). The van der Waals surface area contributed by atoms with Crippen molar-refractivity contribution < 1.29 is 4.74 Å². The summed E-state index contributed by atoms with van der Waals surface area (Å²) in [5, 5.41) is 0. The minimum Gasteiger partial charge on any atom is -0.496 e. The lowest BCUT2D eigenvalue weighted by molar-refractivity contribution is 0.209. The van der Waals surface area contributed by atoms with Crippen LogP contribution in [0.3, 0.4) is 0 Å². The summed E-state index contributed by atoms with van der Waals surface area (Å²) >= 11 is 0. The lowest BCUT2D eigenvalue weighted by atomic mass is 10.0. The summed E-state index contributed by atoms with van der Waals surface area (Å²) in [6.45, 7) is 8.27. The van der Waals surface area contributed by atoms with E-state index in [-0.39, 0.29) is 6.04 Å². The number of hydrogen-bond acceptors (Lipinski definition) is 2. The molecule has 0 aromatic heterocycles. The van der Waals surface area contributed by atoms with Gasteiger partial charge in [0, 0.05) is 0 Å². The first-order valence-corrected chi connectivity index (χ1v) is 5.46. The van der Waals surface area contributed by atoms with Gasteiger partial charge in [0.2, 0.25) is 0 Å². The predicted molar refractivity (Wildman–Crippen MR) is 68.0 cm³/mol. The number of nitrogens with two attached hydrogens (primary N) is 1. The molecule has 0 saturated heterocycles. The van der Waals surface area contributed by atoms with Crippen LogP contribution in [0.4, 0.5) is 0 Å². The smallest absolute Gasteiger partial charge is 0.117 e. The highest BCUT2D eigenvalue weighted by atomic mass is 16.5. The van der Waals surface area contributed by atoms with Gasteiger partial charge in [0.1, 0.15) is 5.76 Å². The topological polar surface area (TPSA) is 35.2 Å². The zero-order valence-corrected chi connectivity index (χ0v) is 9.94. The summed E-state index contributed by atoms with van der Waals surface area (Å²) in [5.41, 5.74) is 8.39. The molecular weight excluding hydrogens is 198 g/mol. The quantitative estimate of drug-likeness (QED) is 0.607. The maximum Gasteiger partial charge on any atom is 0.117 e. The van der Waals surface area contributed by atoms with E-state index >= 15 is 0 Å². The van der Waals surface area contributed by atoms with E-state index < -0.39 is 0 Å². The first-order valence-electron chi connectivity index (χ1n) is 5.46. The maximum atomic E-state index is 6.12. The van der Waals surface area contributed by atoms with E-state index in [1.54, 1.807) is 6.08 Å². The molecule has 0 aliphatic rings. The summed E-state index contributed by atoms with van der Waals surface area (Å²) in [7, 11) is 0. The van der Waals surface area contributed by atoms with Crippen molar-refractivity contribution in [3.05, 3.63) is 59.9 Å². The molecule has 1 aromatic carbocycles. The van der Waals surface area contributed by atoms with Crippen molar-refractivity contribution in [1.29, 1.82) is 0 Å². The molecule has 2 heteroatoms. The molecule has 1 aromatic rings. The lowest BCUT2D eigenvalue weighted by Gasteiger charge is -2.16. The van der Waals surface area contributed by atoms with Crippen LogP contribution in [0, 0.1) is 6.92 Å². The molecule has 16 heavy (non-hydrogen) atoms. The van der Waals surface area contributed by atoms with Gasteiger partial charge in [-0.3, -0.25) is 0 Å². The molecule has 2 N–H and O–H groups in total. The molecule has 86 valence electrons. The highest BCUT2D eigenvalue weighted by molar-refractivity contribution is 5.29. The number of ether oxygens (including phenoxy) is 1. The molecule has 0 fully saturated rings. The summed E-state index contributed by atoms with van der Waals surface area (Å²) < 4.78 is 5.49. The number of allylic oxidation sites excluding steroid dienone is 2. The van der Waals surface area contributed by atoms with Crippen LogP contribution in [-0.2, 0) is 4.74 Å². The van der Waals surface area contributed by atoms with E-state index in [0.29, 0.717) is 6.61 Å².